The fourth-order valence-corrected chi connectivity index (χ4v) is 5.07. The van der Waals surface area contributed by atoms with Crippen molar-refractivity contribution >= 4 is 45.8 Å². The van der Waals surface area contributed by atoms with Gasteiger partial charge < -0.3 is 0 Å². The predicted molar refractivity (Wildman–Crippen MR) is 138 cm³/mol. The summed E-state index contributed by atoms with van der Waals surface area (Å²) < 4.78 is 0. The van der Waals surface area contributed by atoms with Gasteiger partial charge in [0, 0.05) is 33.0 Å². The zero-order valence-corrected chi connectivity index (χ0v) is 20.1. The molecular formula is C30H10N6O4. The standard InChI is InChI=1S/C30H10N6O4/c31-11-15-7-16(12-32)9-20(8-15)36-29(39)23-5-3-21-25-22(4-6-24(26(23)25)30(36)40)28(38)35(27(21)37)19-2-1-17(13-33)18(10-19)14-34/h1-10H. The van der Waals surface area contributed by atoms with Crippen LogP contribution < -0.4 is 9.80 Å². The molecule has 0 atom stereocenters. The first-order chi connectivity index (χ1) is 19.3. The maximum absolute atomic E-state index is 13.6. The van der Waals surface area contributed by atoms with Crippen LogP contribution in [-0.2, 0) is 0 Å². The van der Waals surface area contributed by atoms with Gasteiger partial charge in [0.05, 0.1) is 45.8 Å². The van der Waals surface area contributed by atoms with Crippen LogP contribution in [0.25, 0.3) is 10.8 Å². The van der Waals surface area contributed by atoms with E-state index in [0.29, 0.717) is 0 Å². The second-order valence-electron chi connectivity index (χ2n) is 8.91. The Kier molecular flexibility index (Phi) is 5.03. The van der Waals surface area contributed by atoms with E-state index >= 15 is 0 Å². The largest absolute Gasteiger partial charge is 0.268 e. The lowest BCUT2D eigenvalue weighted by Crippen LogP contribution is -2.43. The second kappa shape index (κ2) is 8.46. The third kappa shape index (κ3) is 3.12. The van der Waals surface area contributed by atoms with Crippen molar-refractivity contribution in [1.82, 2.24) is 0 Å². The summed E-state index contributed by atoms with van der Waals surface area (Å²) in [7, 11) is 0. The summed E-state index contributed by atoms with van der Waals surface area (Å²) in [6.45, 7) is 0. The number of amides is 4. The van der Waals surface area contributed by atoms with E-state index in [1.165, 1.54) is 60.7 Å². The van der Waals surface area contributed by atoms with Crippen LogP contribution in [0.2, 0.25) is 0 Å². The van der Waals surface area contributed by atoms with E-state index in [4.69, 9.17) is 0 Å². The normalized spacial score (nSPS) is 13.5. The lowest BCUT2D eigenvalue weighted by molar-refractivity contribution is 0.0873. The molecule has 4 aromatic rings. The lowest BCUT2D eigenvalue weighted by Gasteiger charge is -2.32. The molecule has 0 saturated heterocycles. The van der Waals surface area contributed by atoms with E-state index in [1.54, 1.807) is 0 Å². The molecule has 0 aliphatic carbocycles. The minimum Gasteiger partial charge on any atom is -0.268 e. The molecular weight excluding hydrogens is 508 g/mol. The van der Waals surface area contributed by atoms with Crippen LogP contribution in [0.5, 0.6) is 0 Å². The Morgan fingerprint density at radius 2 is 0.875 bits per heavy atom. The monoisotopic (exact) mass is 518 g/mol. The van der Waals surface area contributed by atoms with Crippen molar-refractivity contribution in [3.05, 3.63) is 105 Å². The topological polar surface area (TPSA) is 170 Å². The fraction of sp³-hybridized carbons (Fsp3) is 0. The number of nitrogens with zero attached hydrogens (tertiary/aromatic N) is 6. The van der Waals surface area contributed by atoms with Crippen molar-refractivity contribution in [2.24, 2.45) is 0 Å². The number of carbonyl (C=O) groups is 4. The van der Waals surface area contributed by atoms with Crippen molar-refractivity contribution in [2.75, 3.05) is 9.80 Å². The summed E-state index contributed by atoms with van der Waals surface area (Å²) in [6, 6.07) is 21.1. The van der Waals surface area contributed by atoms with Crippen molar-refractivity contribution < 1.29 is 19.2 Å². The van der Waals surface area contributed by atoms with Gasteiger partial charge in [-0.3, -0.25) is 19.2 Å². The highest BCUT2D eigenvalue weighted by Crippen LogP contribution is 2.40. The molecule has 184 valence electrons. The van der Waals surface area contributed by atoms with Gasteiger partial charge in [0.25, 0.3) is 23.6 Å². The zero-order chi connectivity index (χ0) is 28.3. The highest BCUT2D eigenvalue weighted by molar-refractivity contribution is 6.42. The Balaban J connectivity index is 1.53. The third-order valence-electron chi connectivity index (χ3n) is 6.83. The molecule has 0 spiro atoms. The summed E-state index contributed by atoms with van der Waals surface area (Å²) in [5, 5.41) is 37.6. The highest BCUT2D eigenvalue weighted by atomic mass is 16.2. The van der Waals surface area contributed by atoms with E-state index in [9.17, 15) is 40.2 Å². The molecule has 40 heavy (non-hydrogen) atoms. The van der Waals surface area contributed by atoms with Crippen LogP contribution in [0.1, 0.15) is 63.7 Å². The second-order valence-corrected chi connectivity index (χ2v) is 8.91. The van der Waals surface area contributed by atoms with Crippen molar-refractivity contribution in [2.45, 2.75) is 0 Å². The van der Waals surface area contributed by atoms with E-state index in [2.05, 4.69) is 0 Å². The smallest absolute Gasteiger partial charge is 0.265 e. The predicted octanol–water partition coefficient (Wildman–Crippen LogP) is 3.93. The maximum atomic E-state index is 13.6. The maximum Gasteiger partial charge on any atom is 0.265 e. The van der Waals surface area contributed by atoms with Gasteiger partial charge in [0.2, 0.25) is 0 Å². The van der Waals surface area contributed by atoms with Gasteiger partial charge in [-0.2, -0.15) is 21.0 Å². The molecule has 0 fully saturated rings. The minimum absolute atomic E-state index is 0.00653. The number of nitriles is 4. The van der Waals surface area contributed by atoms with Crippen LogP contribution in [0.3, 0.4) is 0 Å². The molecule has 0 bridgehead atoms. The number of hydrogen-bond acceptors (Lipinski definition) is 8. The van der Waals surface area contributed by atoms with Crippen LogP contribution in [0.15, 0.2) is 60.7 Å². The molecule has 0 saturated carbocycles. The molecule has 6 rings (SSSR count). The molecule has 4 amide bonds. The van der Waals surface area contributed by atoms with Gasteiger partial charge in [-0.05, 0) is 60.7 Å². The van der Waals surface area contributed by atoms with E-state index < -0.39 is 23.6 Å². The van der Waals surface area contributed by atoms with Crippen molar-refractivity contribution in [3.63, 3.8) is 0 Å². The fourth-order valence-electron chi connectivity index (χ4n) is 5.07. The number of benzene rings is 4. The number of imide groups is 2. The molecule has 0 aromatic heterocycles. The van der Waals surface area contributed by atoms with Crippen LogP contribution >= 0.6 is 0 Å². The number of anilines is 2. The Hall–Kier alpha value is -6.62. The highest BCUT2D eigenvalue weighted by Gasteiger charge is 2.41. The molecule has 10 heteroatoms. The summed E-state index contributed by atoms with van der Waals surface area (Å²) >= 11 is 0. The Labute approximate surface area is 225 Å². The van der Waals surface area contributed by atoms with E-state index in [1.807, 2.05) is 24.3 Å². The molecule has 2 aliphatic rings. The Morgan fingerprint density at radius 1 is 0.450 bits per heavy atom. The van der Waals surface area contributed by atoms with Gasteiger partial charge in [-0.1, -0.05) is 0 Å². The quantitative estimate of drug-likeness (QED) is 0.359. The average Bonchev–Trinajstić information content (AvgIpc) is 2.98. The minimum atomic E-state index is -0.742. The average molecular weight is 518 g/mol. The summed E-state index contributed by atoms with van der Waals surface area (Å²) in [5.74, 6) is -2.93. The van der Waals surface area contributed by atoms with Gasteiger partial charge in [-0.15, -0.1) is 0 Å². The first-order valence-electron chi connectivity index (χ1n) is 11.6. The SMILES string of the molecule is N#Cc1cc(C#N)cc(N2C(=O)c3ccc4c5c(ccc(c35)C2=O)C(=O)N(c2ccc(C#N)c(C#N)c2)C4=O)c1. The van der Waals surface area contributed by atoms with Crippen LogP contribution in [0.4, 0.5) is 11.4 Å². The molecule has 10 nitrogen and oxygen atoms in total. The third-order valence-corrected chi connectivity index (χ3v) is 6.83. The summed E-state index contributed by atoms with van der Waals surface area (Å²) in [6.07, 6.45) is 0. The van der Waals surface area contributed by atoms with Crippen LogP contribution in [-0.4, -0.2) is 23.6 Å². The molecule has 4 aromatic carbocycles. The number of carbonyl (C=O) groups excluding carboxylic acids is 4. The van der Waals surface area contributed by atoms with Crippen LogP contribution in [0, 0.1) is 45.3 Å². The zero-order valence-electron chi connectivity index (χ0n) is 20.1. The van der Waals surface area contributed by atoms with Gasteiger partial charge >= 0.3 is 0 Å². The summed E-state index contributed by atoms with van der Waals surface area (Å²) in [4.78, 5) is 56.2. The lowest BCUT2D eigenvalue weighted by atomic mass is 9.85. The van der Waals surface area contributed by atoms with Crippen molar-refractivity contribution in [1.29, 1.82) is 21.0 Å². The van der Waals surface area contributed by atoms with Gasteiger partial charge in [0.15, 0.2) is 0 Å². The van der Waals surface area contributed by atoms with Crippen molar-refractivity contribution in [3.8, 4) is 24.3 Å². The molecule has 0 radical (unpaired) electrons. The van der Waals surface area contributed by atoms with E-state index in [0.717, 1.165) is 9.80 Å². The van der Waals surface area contributed by atoms with Gasteiger partial charge in [0.1, 0.15) is 12.1 Å². The first-order valence-corrected chi connectivity index (χ1v) is 11.6. The first kappa shape index (κ1) is 23.8. The Bertz CT molecular complexity index is 2000. The molecule has 0 unspecified atom stereocenters. The molecule has 2 heterocycles. The number of rotatable bonds is 2. The van der Waals surface area contributed by atoms with Gasteiger partial charge in [-0.25, -0.2) is 9.80 Å². The van der Waals surface area contributed by atoms with E-state index in [-0.39, 0.29) is 66.7 Å². The molecule has 0 N–H and O–H groups in total. The summed E-state index contributed by atoms with van der Waals surface area (Å²) in [5.41, 5.74) is 0.666. The molecule has 2 aliphatic heterocycles. The number of hydrogen-bond donors (Lipinski definition) is 0. The Morgan fingerprint density at radius 3 is 1.27 bits per heavy atom.